The van der Waals surface area contributed by atoms with Gasteiger partial charge in [0, 0.05) is 31.2 Å². The lowest BCUT2D eigenvalue weighted by molar-refractivity contribution is -0.117. The average Bonchev–Trinajstić information content (AvgIpc) is 2.68. The monoisotopic (exact) mass is 233 g/mol. The lowest BCUT2D eigenvalue weighted by Gasteiger charge is -2.19. The molecule has 4 nitrogen and oxygen atoms in total. The first-order valence-electron chi connectivity index (χ1n) is 5.99. The molecule has 1 amide bonds. The van der Waals surface area contributed by atoms with E-state index in [0.29, 0.717) is 13.0 Å². The van der Waals surface area contributed by atoms with E-state index in [2.05, 4.69) is 23.1 Å². The summed E-state index contributed by atoms with van der Waals surface area (Å²) >= 11 is 0. The number of primary amides is 1. The minimum absolute atomic E-state index is 0.0694. The molecular formula is C13H19N3O. The Kier molecular flexibility index (Phi) is 3.33. The van der Waals surface area contributed by atoms with Crippen LogP contribution in [-0.4, -0.2) is 19.0 Å². The van der Waals surface area contributed by atoms with E-state index < -0.39 is 0 Å². The number of nitrogens with two attached hydrogens (primary N) is 2. The van der Waals surface area contributed by atoms with Crippen molar-refractivity contribution < 1.29 is 4.79 Å². The molecule has 0 spiro atoms. The predicted molar refractivity (Wildman–Crippen MR) is 68.8 cm³/mol. The number of fused-ring (bicyclic) bond motifs is 1. The lowest BCUT2D eigenvalue weighted by atomic mass is 10.0. The first-order chi connectivity index (χ1) is 8.08. The fourth-order valence-electron chi connectivity index (χ4n) is 2.25. The van der Waals surface area contributed by atoms with Crippen molar-refractivity contribution in [3.8, 4) is 0 Å². The van der Waals surface area contributed by atoms with E-state index in [4.69, 9.17) is 11.5 Å². The van der Waals surface area contributed by atoms with Gasteiger partial charge < -0.3 is 16.4 Å². The molecule has 1 aromatic rings. The lowest BCUT2D eigenvalue weighted by Crippen LogP contribution is -2.26. The van der Waals surface area contributed by atoms with Gasteiger partial charge in [-0.15, -0.1) is 0 Å². The maximum Gasteiger partial charge on any atom is 0.219 e. The fraction of sp³-hybridized carbons (Fsp3) is 0.462. The number of amides is 1. The molecule has 92 valence electrons. The van der Waals surface area contributed by atoms with Gasteiger partial charge in [0.1, 0.15) is 0 Å². The molecule has 1 aliphatic heterocycles. The smallest absolute Gasteiger partial charge is 0.219 e. The molecule has 0 aliphatic carbocycles. The first kappa shape index (κ1) is 11.9. The zero-order chi connectivity index (χ0) is 12.4. The number of hydrogen-bond acceptors (Lipinski definition) is 3. The van der Waals surface area contributed by atoms with Gasteiger partial charge in [-0.05, 0) is 30.5 Å². The fourth-order valence-corrected chi connectivity index (χ4v) is 2.25. The summed E-state index contributed by atoms with van der Waals surface area (Å²) in [7, 11) is 0. The molecule has 1 aliphatic rings. The minimum atomic E-state index is -0.245. The van der Waals surface area contributed by atoms with E-state index in [1.165, 1.54) is 16.8 Å². The number of rotatable bonds is 4. The van der Waals surface area contributed by atoms with E-state index >= 15 is 0 Å². The van der Waals surface area contributed by atoms with Gasteiger partial charge in [-0.2, -0.15) is 0 Å². The Hall–Kier alpha value is -1.55. The minimum Gasteiger partial charge on any atom is -0.370 e. The summed E-state index contributed by atoms with van der Waals surface area (Å²) in [5.41, 5.74) is 14.7. The molecule has 17 heavy (non-hydrogen) atoms. The molecule has 0 fully saturated rings. The summed E-state index contributed by atoms with van der Waals surface area (Å²) in [5, 5.41) is 0. The van der Waals surface area contributed by atoms with E-state index in [0.717, 1.165) is 13.0 Å². The van der Waals surface area contributed by atoms with Crippen LogP contribution in [0.1, 0.15) is 30.5 Å². The number of carbonyl (C=O) groups is 1. The Morgan fingerprint density at radius 1 is 1.53 bits per heavy atom. The highest BCUT2D eigenvalue weighted by Crippen LogP contribution is 2.30. The number of anilines is 1. The molecule has 1 unspecified atom stereocenters. The van der Waals surface area contributed by atoms with Crippen LogP contribution >= 0.6 is 0 Å². The van der Waals surface area contributed by atoms with Gasteiger partial charge in [-0.3, -0.25) is 4.79 Å². The molecule has 0 saturated heterocycles. The number of hydrogen-bond donors (Lipinski definition) is 2. The predicted octanol–water partition coefficient (Wildman–Crippen LogP) is 0.944. The summed E-state index contributed by atoms with van der Waals surface area (Å²) in [6, 6.07) is 6.40. The zero-order valence-electron chi connectivity index (χ0n) is 10.1. The quantitative estimate of drug-likeness (QED) is 0.813. The molecule has 0 radical (unpaired) electrons. The third kappa shape index (κ3) is 2.58. The zero-order valence-corrected chi connectivity index (χ0v) is 10.1. The van der Waals surface area contributed by atoms with Crippen molar-refractivity contribution >= 4 is 11.6 Å². The third-order valence-electron chi connectivity index (χ3n) is 3.25. The molecule has 2 rings (SSSR count). The Labute approximate surface area is 102 Å². The molecule has 1 atom stereocenters. The normalized spacial score (nSPS) is 15.8. The third-order valence-corrected chi connectivity index (χ3v) is 3.25. The summed E-state index contributed by atoms with van der Waals surface area (Å²) in [4.78, 5) is 13.0. The van der Waals surface area contributed by atoms with Crippen molar-refractivity contribution in [3.63, 3.8) is 0 Å². The van der Waals surface area contributed by atoms with Crippen LogP contribution < -0.4 is 16.4 Å². The van der Waals surface area contributed by atoms with Gasteiger partial charge in [0.25, 0.3) is 0 Å². The van der Waals surface area contributed by atoms with Gasteiger partial charge in [0.2, 0.25) is 5.91 Å². The second kappa shape index (κ2) is 4.75. The second-order valence-electron chi connectivity index (χ2n) is 4.63. The van der Waals surface area contributed by atoms with Gasteiger partial charge in [-0.1, -0.05) is 12.1 Å². The Morgan fingerprint density at radius 3 is 2.94 bits per heavy atom. The molecule has 0 saturated carbocycles. The Balaban J connectivity index is 2.13. The van der Waals surface area contributed by atoms with Crippen LogP contribution in [0.2, 0.25) is 0 Å². The standard InChI is InChI=1S/C13H19N3O/c1-9(14)10-2-3-12-11(8-10)4-6-16(12)7-5-13(15)17/h2-3,8-9H,4-7,14H2,1H3,(H2,15,17). The highest BCUT2D eigenvalue weighted by Gasteiger charge is 2.19. The molecule has 0 aromatic heterocycles. The highest BCUT2D eigenvalue weighted by atomic mass is 16.1. The topological polar surface area (TPSA) is 72.3 Å². The van der Waals surface area contributed by atoms with E-state index in [1.807, 2.05) is 6.92 Å². The van der Waals surface area contributed by atoms with E-state index in [1.54, 1.807) is 0 Å². The van der Waals surface area contributed by atoms with Crippen LogP contribution in [0.3, 0.4) is 0 Å². The second-order valence-corrected chi connectivity index (χ2v) is 4.63. The summed E-state index contributed by atoms with van der Waals surface area (Å²) in [6.45, 7) is 3.66. The van der Waals surface area contributed by atoms with Crippen LogP contribution in [0.5, 0.6) is 0 Å². The SMILES string of the molecule is CC(N)c1ccc2c(c1)CCN2CCC(N)=O. The summed E-state index contributed by atoms with van der Waals surface area (Å²) in [5.74, 6) is -0.245. The van der Waals surface area contributed by atoms with E-state index in [-0.39, 0.29) is 11.9 Å². The first-order valence-corrected chi connectivity index (χ1v) is 5.99. The molecule has 4 heteroatoms. The van der Waals surface area contributed by atoms with Crippen molar-refractivity contribution in [2.45, 2.75) is 25.8 Å². The Morgan fingerprint density at radius 2 is 2.29 bits per heavy atom. The van der Waals surface area contributed by atoms with Crippen molar-refractivity contribution in [1.82, 2.24) is 0 Å². The highest BCUT2D eigenvalue weighted by molar-refractivity contribution is 5.74. The van der Waals surface area contributed by atoms with Crippen LogP contribution in [-0.2, 0) is 11.2 Å². The molecule has 1 aromatic carbocycles. The molecular weight excluding hydrogens is 214 g/mol. The largest absolute Gasteiger partial charge is 0.370 e. The van der Waals surface area contributed by atoms with Crippen LogP contribution in [0.25, 0.3) is 0 Å². The van der Waals surface area contributed by atoms with Crippen molar-refractivity contribution in [2.75, 3.05) is 18.0 Å². The van der Waals surface area contributed by atoms with Gasteiger partial charge in [0.15, 0.2) is 0 Å². The molecule has 4 N–H and O–H groups in total. The number of nitrogens with zero attached hydrogens (tertiary/aromatic N) is 1. The maximum atomic E-state index is 10.8. The molecule has 1 heterocycles. The maximum absolute atomic E-state index is 10.8. The summed E-state index contributed by atoms with van der Waals surface area (Å²) in [6.07, 6.45) is 1.43. The van der Waals surface area contributed by atoms with E-state index in [9.17, 15) is 4.79 Å². The molecule has 0 bridgehead atoms. The van der Waals surface area contributed by atoms with Gasteiger partial charge >= 0.3 is 0 Å². The number of carbonyl (C=O) groups excluding carboxylic acids is 1. The van der Waals surface area contributed by atoms with Crippen molar-refractivity contribution in [3.05, 3.63) is 29.3 Å². The van der Waals surface area contributed by atoms with Crippen molar-refractivity contribution in [1.29, 1.82) is 0 Å². The number of benzene rings is 1. The van der Waals surface area contributed by atoms with Gasteiger partial charge in [-0.25, -0.2) is 0 Å². The van der Waals surface area contributed by atoms with Gasteiger partial charge in [0.05, 0.1) is 0 Å². The summed E-state index contributed by atoms with van der Waals surface area (Å²) < 4.78 is 0. The average molecular weight is 233 g/mol. The van der Waals surface area contributed by atoms with Crippen molar-refractivity contribution in [2.24, 2.45) is 11.5 Å². The van der Waals surface area contributed by atoms with Crippen LogP contribution in [0, 0.1) is 0 Å². The Bertz CT molecular complexity index is 429. The van der Waals surface area contributed by atoms with Crippen LogP contribution in [0.4, 0.5) is 5.69 Å². The van der Waals surface area contributed by atoms with Crippen LogP contribution in [0.15, 0.2) is 18.2 Å².